The molecule has 0 atom stereocenters. The molecule has 0 unspecified atom stereocenters. The molecule has 0 saturated heterocycles. The summed E-state index contributed by atoms with van der Waals surface area (Å²) in [6.07, 6.45) is 1.73. The van der Waals surface area contributed by atoms with Crippen LogP contribution >= 0.6 is 0 Å². The molecule has 1 aromatic rings. The number of nitrogens with zero attached hydrogens (tertiary/aromatic N) is 1. The molecule has 0 bridgehead atoms. The summed E-state index contributed by atoms with van der Waals surface area (Å²) in [7, 11) is 0. The Balaban J connectivity index is 2.45. The molecular weight excluding hydrogens is 214 g/mol. The van der Waals surface area contributed by atoms with Crippen molar-refractivity contribution in [3.05, 3.63) is 33.9 Å². The van der Waals surface area contributed by atoms with Crippen LogP contribution in [0.15, 0.2) is 18.2 Å². The Kier molecular flexibility index (Phi) is 2.47. The zero-order valence-electron chi connectivity index (χ0n) is 8.25. The van der Waals surface area contributed by atoms with Gasteiger partial charge in [0.2, 0.25) is 0 Å². The Hall–Kier alpha value is -2.11. The highest BCUT2D eigenvalue weighted by atomic mass is 16.6. The van der Waals surface area contributed by atoms with Gasteiger partial charge in [-0.05, 0) is 18.9 Å². The summed E-state index contributed by atoms with van der Waals surface area (Å²) >= 11 is 0. The van der Waals surface area contributed by atoms with Crippen LogP contribution in [0.3, 0.4) is 0 Å². The maximum atomic E-state index is 11.0. The van der Waals surface area contributed by atoms with Crippen LogP contribution in [0, 0.1) is 10.1 Å². The fraction of sp³-hybridized carbons (Fsp3) is 0.300. The van der Waals surface area contributed by atoms with E-state index in [0.717, 1.165) is 18.9 Å². The van der Waals surface area contributed by atoms with Gasteiger partial charge in [-0.2, -0.15) is 0 Å². The van der Waals surface area contributed by atoms with Crippen LogP contribution in [0.4, 0.5) is 5.69 Å². The number of carboxylic acids is 1. The number of carboxylic acid groups (broad SMARTS) is 1. The van der Waals surface area contributed by atoms with E-state index in [4.69, 9.17) is 9.84 Å². The van der Waals surface area contributed by atoms with Gasteiger partial charge in [0, 0.05) is 6.07 Å². The van der Waals surface area contributed by atoms with E-state index in [9.17, 15) is 14.9 Å². The predicted octanol–water partition coefficient (Wildman–Crippen LogP) is 1.83. The van der Waals surface area contributed by atoms with Gasteiger partial charge in [0.15, 0.2) is 5.56 Å². The number of carbonyl (C=O) groups is 1. The number of hydrogen-bond acceptors (Lipinski definition) is 4. The van der Waals surface area contributed by atoms with Crippen molar-refractivity contribution in [3.63, 3.8) is 0 Å². The standard InChI is InChI=1S/C10H9NO5/c12-10(13)9-7(11(14)15)2-1-3-8(9)16-6-4-5-6/h1-3,6H,4-5H2,(H,12,13). The van der Waals surface area contributed by atoms with E-state index in [1.807, 2.05) is 0 Å². The lowest BCUT2D eigenvalue weighted by molar-refractivity contribution is -0.385. The van der Waals surface area contributed by atoms with Gasteiger partial charge >= 0.3 is 5.97 Å². The van der Waals surface area contributed by atoms with Gasteiger partial charge in [-0.1, -0.05) is 6.07 Å². The van der Waals surface area contributed by atoms with E-state index in [1.165, 1.54) is 12.1 Å². The highest BCUT2D eigenvalue weighted by Crippen LogP contribution is 2.33. The van der Waals surface area contributed by atoms with Crippen molar-refractivity contribution >= 4 is 11.7 Å². The average Bonchev–Trinajstić information content (AvgIpc) is 3.00. The van der Waals surface area contributed by atoms with Gasteiger partial charge < -0.3 is 9.84 Å². The Morgan fingerprint density at radius 3 is 2.69 bits per heavy atom. The smallest absolute Gasteiger partial charge is 0.346 e. The molecule has 2 rings (SSSR count). The van der Waals surface area contributed by atoms with Crippen LogP contribution < -0.4 is 4.74 Å². The van der Waals surface area contributed by atoms with Crippen molar-refractivity contribution in [2.75, 3.05) is 0 Å². The first-order chi connectivity index (χ1) is 7.59. The quantitative estimate of drug-likeness (QED) is 0.621. The number of hydrogen-bond donors (Lipinski definition) is 1. The second-order valence-electron chi connectivity index (χ2n) is 3.53. The van der Waals surface area contributed by atoms with Crippen LogP contribution in [0.2, 0.25) is 0 Å². The number of benzene rings is 1. The second kappa shape index (κ2) is 3.80. The van der Waals surface area contributed by atoms with Gasteiger partial charge in [0.25, 0.3) is 5.69 Å². The molecule has 0 aliphatic heterocycles. The third kappa shape index (κ3) is 1.95. The molecular formula is C10H9NO5. The first-order valence-electron chi connectivity index (χ1n) is 4.77. The summed E-state index contributed by atoms with van der Waals surface area (Å²) in [4.78, 5) is 20.9. The SMILES string of the molecule is O=C(O)c1c(OC2CC2)cccc1[N+](=O)[O-]. The largest absolute Gasteiger partial charge is 0.489 e. The van der Waals surface area contributed by atoms with E-state index in [-0.39, 0.29) is 17.4 Å². The zero-order valence-corrected chi connectivity index (χ0v) is 8.25. The highest BCUT2D eigenvalue weighted by molar-refractivity contribution is 5.95. The fourth-order valence-corrected chi connectivity index (χ4v) is 1.35. The normalized spacial score (nSPS) is 14.5. The van der Waals surface area contributed by atoms with E-state index < -0.39 is 16.6 Å². The van der Waals surface area contributed by atoms with Crippen LogP contribution in [0.5, 0.6) is 5.75 Å². The van der Waals surface area contributed by atoms with E-state index in [2.05, 4.69) is 0 Å². The third-order valence-electron chi connectivity index (χ3n) is 2.23. The summed E-state index contributed by atoms with van der Waals surface area (Å²) in [5, 5.41) is 19.6. The molecule has 1 fully saturated rings. The molecule has 84 valence electrons. The molecule has 6 nitrogen and oxygen atoms in total. The predicted molar refractivity (Wildman–Crippen MR) is 53.7 cm³/mol. The Bertz CT molecular complexity index is 453. The van der Waals surface area contributed by atoms with Crippen molar-refractivity contribution < 1.29 is 19.6 Å². The molecule has 6 heteroatoms. The summed E-state index contributed by atoms with van der Waals surface area (Å²) < 4.78 is 5.32. The number of nitro groups is 1. The molecule has 16 heavy (non-hydrogen) atoms. The summed E-state index contributed by atoms with van der Waals surface area (Å²) in [6.45, 7) is 0. The molecule has 1 aromatic carbocycles. The molecule has 0 spiro atoms. The van der Waals surface area contributed by atoms with Crippen molar-refractivity contribution in [1.29, 1.82) is 0 Å². The van der Waals surface area contributed by atoms with E-state index in [1.54, 1.807) is 0 Å². The lowest BCUT2D eigenvalue weighted by Crippen LogP contribution is -2.07. The second-order valence-corrected chi connectivity index (χ2v) is 3.53. The average molecular weight is 223 g/mol. The molecule has 0 amide bonds. The third-order valence-corrected chi connectivity index (χ3v) is 2.23. The van der Waals surface area contributed by atoms with E-state index in [0.29, 0.717) is 0 Å². The molecule has 1 N–H and O–H groups in total. The molecule has 0 radical (unpaired) electrons. The van der Waals surface area contributed by atoms with Crippen molar-refractivity contribution in [2.24, 2.45) is 0 Å². The molecule has 1 aliphatic rings. The van der Waals surface area contributed by atoms with Crippen LogP contribution in [-0.2, 0) is 0 Å². The first kappa shape index (κ1) is 10.4. The maximum absolute atomic E-state index is 11.0. The molecule has 1 aliphatic carbocycles. The lowest BCUT2D eigenvalue weighted by Gasteiger charge is -2.07. The zero-order chi connectivity index (χ0) is 11.7. The number of aromatic carboxylic acids is 1. The van der Waals surface area contributed by atoms with Gasteiger partial charge in [0.05, 0.1) is 11.0 Å². The Morgan fingerprint density at radius 1 is 1.50 bits per heavy atom. The van der Waals surface area contributed by atoms with Crippen LogP contribution in [0.1, 0.15) is 23.2 Å². The van der Waals surface area contributed by atoms with E-state index >= 15 is 0 Å². The minimum absolute atomic E-state index is 0.0000964. The minimum atomic E-state index is -1.34. The summed E-state index contributed by atoms with van der Waals surface area (Å²) in [5.41, 5.74) is -0.815. The Morgan fingerprint density at radius 2 is 2.19 bits per heavy atom. The summed E-state index contributed by atoms with van der Waals surface area (Å²) in [6, 6.07) is 4.01. The van der Waals surface area contributed by atoms with Gasteiger partial charge in [-0.25, -0.2) is 4.79 Å². The van der Waals surface area contributed by atoms with Gasteiger partial charge in [-0.3, -0.25) is 10.1 Å². The monoisotopic (exact) mass is 223 g/mol. The highest BCUT2D eigenvalue weighted by Gasteiger charge is 2.29. The molecule has 0 aromatic heterocycles. The number of rotatable bonds is 4. The van der Waals surface area contributed by atoms with Crippen molar-refractivity contribution in [2.45, 2.75) is 18.9 Å². The van der Waals surface area contributed by atoms with Crippen LogP contribution in [-0.4, -0.2) is 22.1 Å². The molecule has 0 heterocycles. The first-order valence-corrected chi connectivity index (χ1v) is 4.77. The van der Waals surface area contributed by atoms with Crippen LogP contribution in [0.25, 0.3) is 0 Å². The number of ether oxygens (including phenoxy) is 1. The number of nitro benzene ring substituents is 1. The fourth-order valence-electron chi connectivity index (χ4n) is 1.35. The van der Waals surface area contributed by atoms with Gasteiger partial charge in [0.1, 0.15) is 5.75 Å². The summed E-state index contributed by atoms with van der Waals surface area (Å²) in [5.74, 6) is -1.27. The lowest BCUT2D eigenvalue weighted by atomic mass is 10.1. The van der Waals surface area contributed by atoms with Crippen molar-refractivity contribution in [1.82, 2.24) is 0 Å². The maximum Gasteiger partial charge on any atom is 0.346 e. The topological polar surface area (TPSA) is 89.7 Å². The minimum Gasteiger partial charge on any atom is -0.489 e. The Labute approximate surface area is 90.6 Å². The van der Waals surface area contributed by atoms with Crippen molar-refractivity contribution in [3.8, 4) is 5.75 Å². The van der Waals surface area contributed by atoms with Gasteiger partial charge in [-0.15, -0.1) is 0 Å². The molecule has 1 saturated carbocycles.